The molecule has 0 radical (unpaired) electrons. The van der Waals surface area contributed by atoms with Crippen LogP contribution in [0.1, 0.15) is 35.1 Å². The molecule has 0 unspecified atom stereocenters. The van der Waals surface area contributed by atoms with Gasteiger partial charge < -0.3 is 19.3 Å². The van der Waals surface area contributed by atoms with Crippen LogP contribution in [0.15, 0.2) is 47.2 Å². The monoisotopic (exact) mass is 475 g/mol. The first-order valence-electron chi connectivity index (χ1n) is 10.1. The van der Waals surface area contributed by atoms with Crippen molar-refractivity contribution >= 4 is 17.2 Å². The molecule has 9 nitrogen and oxygen atoms in total. The van der Waals surface area contributed by atoms with Gasteiger partial charge in [0.1, 0.15) is 11.3 Å². The van der Waals surface area contributed by atoms with Crippen molar-refractivity contribution in [3.05, 3.63) is 54.3 Å². The van der Waals surface area contributed by atoms with E-state index >= 15 is 0 Å². The van der Waals surface area contributed by atoms with Crippen LogP contribution in [0.3, 0.4) is 0 Å². The van der Waals surface area contributed by atoms with E-state index in [1.165, 1.54) is 22.7 Å². The number of hydrogen-bond acceptors (Lipinski definition) is 7. The molecule has 6 rings (SSSR count). The summed E-state index contributed by atoms with van der Waals surface area (Å²) in [6, 6.07) is 7.63. The molecule has 0 bridgehead atoms. The van der Waals surface area contributed by atoms with Crippen molar-refractivity contribution in [2.45, 2.75) is 31.0 Å². The van der Waals surface area contributed by atoms with Gasteiger partial charge >= 0.3 is 6.29 Å². The summed E-state index contributed by atoms with van der Waals surface area (Å²) in [6.45, 7) is 0. The van der Waals surface area contributed by atoms with Gasteiger partial charge in [0.05, 0.1) is 11.9 Å². The van der Waals surface area contributed by atoms with Crippen molar-refractivity contribution in [3.63, 3.8) is 0 Å². The van der Waals surface area contributed by atoms with Crippen molar-refractivity contribution in [2.75, 3.05) is 5.32 Å². The third kappa shape index (κ3) is 3.40. The molecule has 174 valence electrons. The van der Waals surface area contributed by atoms with Crippen molar-refractivity contribution < 1.29 is 36.4 Å². The number of hydrogen-bond donors (Lipinski definition) is 1. The minimum atomic E-state index is -3.95. The van der Waals surface area contributed by atoms with Crippen LogP contribution in [-0.4, -0.2) is 37.6 Å². The number of nitrogens with one attached hydrogen (secondary N) is 1. The van der Waals surface area contributed by atoms with Gasteiger partial charge in [0.15, 0.2) is 11.5 Å². The number of amides is 1. The Kier molecular flexibility index (Phi) is 4.16. The molecule has 1 saturated carbocycles. The highest BCUT2D eigenvalue weighted by atomic mass is 19.3. The first-order valence-corrected chi connectivity index (χ1v) is 10.1. The molecule has 3 aromatic heterocycles. The molecule has 1 aliphatic heterocycles. The van der Waals surface area contributed by atoms with Crippen molar-refractivity contribution in [1.82, 2.24) is 19.5 Å². The van der Waals surface area contributed by atoms with Gasteiger partial charge in [0, 0.05) is 30.5 Å². The Hall–Kier alpha value is -4.16. The lowest BCUT2D eigenvalue weighted by Crippen LogP contribution is -2.33. The van der Waals surface area contributed by atoms with E-state index in [1.54, 1.807) is 24.4 Å². The molecule has 1 amide bonds. The van der Waals surface area contributed by atoms with E-state index < -0.39 is 42.6 Å². The average molecular weight is 475 g/mol. The summed E-state index contributed by atoms with van der Waals surface area (Å²) in [6.07, 6.45) is -1.83. The Balaban J connectivity index is 1.35. The van der Waals surface area contributed by atoms with Crippen LogP contribution < -0.4 is 14.8 Å². The maximum atomic E-state index is 13.8. The van der Waals surface area contributed by atoms with Gasteiger partial charge in [-0.05, 0) is 24.3 Å². The van der Waals surface area contributed by atoms with E-state index in [4.69, 9.17) is 4.52 Å². The first kappa shape index (κ1) is 20.4. The molecular formula is C21H13F4N5O4. The number of nitrogens with zero attached hydrogens (tertiary/aromatic N) is 4. The Morgan fingerprint density at radius 1 is 1.15 bits per heavy atom. The predicted molar refractivity (Wildman–Crippen MR) is 106 cm³/mol. The molecule has 0 saturated heterocycles. The number of aromatic nitrogens is 4. The number of carbonyl (C=O) groups is 1. The van der Waals surface area contributed by atoms with E-state index in [9.17, 15) is 22.4 Å². The number of ether oxygens (including phenoxy) is 2. The molecule has 34 heavy (non-hydrogen) atoms. The van der Waals surface area contributed by atoms with Crippen molar-refractivity contribution in [2.24, 2.45) is 0 Å². The third-order valence-corrected chi connectivity index (χ3v) is 5.54. The van der Waals surface area contributed by atoms with Gasteiger partial charge in [-0.1, -0.05) is 11.2 Å². The Morgan fingerprint density at radius 2 is 1.97 bits per heavy atom. The summed E-state index contributed by atoms with van der Waals surface area (Å²) in [7, 11) is 0. The van der Waals surface area contributed by atoms with E-state index in [1.807, 2.05) is 0 Å². The van der Waals surface area contributed by atoms with Gasteiger partial charge in [-0.25, -0.2) is 13.8 Å². The fourth-order valence-corrected chi connectivity index (χ4v) is 3.91. The molecule has 1 fully saturated rings. The van der Waals surface area contributed by atoms with Crippen LogP contribution in [0, 0.1) is 0 Å². The summed E-state index contributed by atoms with van der Waals surface area (Å²) in [5.74, 6) is -4.81. The number of rotatable bonds is 4. The van der Waals surface area contributed by atoms with Crippen LogP contribution in [0.2, 0.25) is 0 Å². The summed E-state index contributed by atoms with van der Waals surface area (Å²) >= 11 is 0. The highest BCUT2D eigenvalue weighted by Gasteiger charge is 2.49. The second kappa shape index (κ2) is 6.92. The molecular weight excluding hydrogens is 462 g/mol. The largest absolute Gasteiger partial charge is 0.586 e. The van der Waals surface area contributed by atoms with Gasteiger partial charge in [-0.3, -0.25) is 9.20 Å². The second-order valence-electron chi connectivity index (χ2n) is 7.96. The molecule has 13 heteroatoms. The molecule has 1 N–H and O–H groups in total. The summed E-state index contributed by atoms with van der Waals surface area (Å²) in [4.78, 5) is 21.2. The molecule has 4 aromatic rings. The number of halogens is 4. The SMILES string of the molecule is O=C(Nc1cc(-c2noc(C3CC(F)(F)C3)n2)cc2c1OC(F)(F)O2)c1cnc2ccccn12. The Bertz CT molecular complexity index is 1440. The maximum absolute atomic E-state index is 13.8. The fraction of sp³-hybridized carbons (Fsp3) is 0.238. The minimum absolute atomic E-state index is 0.0141. The molecule has 0 atom stereocenters. The topological polar surface area (TPSA) is 104 Å². The highest BCUT2D eigenvalue weighted by Crippen LogP contribution is 2.50. The zero-order valence-corrected chi connectivity index (χ0v) is 17.0. The normalized spacial score (nSPS) is 18.1. The minimum Gasteiger partial charge on any atom is -0.395 e. The van der Waals surface area contributed by atoms with Crippen molar-refractivity contribution in [1.29, 1.82) is 0 Å². The van der Waals surface area contributed by atoms with Gasteiger partial charge in [0.25, 0.3) is 5.91 Å². The Labute approximate surface area is 187 Å². The lowest BCUT2D eigenvalue weighted by molar-refractivity contribution is -0.286. The molecule has 1 aromatic carbocycles. The lowest BCUT2D eigenvalue weighted by Gasteiger charge is -2.31. The van der Waals surface area contributed by atoms with Gasteiger partial charge in [-0.15, -0.1) is 8.78 Å². The van der Waals surface area contributed by atoms with Crippen molar-refractivity contribution in [3.8, 4) is 22.9 Å². The number of imidazole rings is 1. The smallest absolute Gasteiger partial charge is 0.395 e. The number of carbonyl (C=O) groups excluding carboxylic acids is 1. The zero-order chi connectivity index (χ0) is 23.7. The lowest BCUT2D eigenvalue weighted by atomic mass is 9.81. The van der Waals surface area contributed by atoms with E-state index in [0.717, 1.165) is 0 Å². The summed E-state index contributed by atoms with van der Waals surface area (Å²) < 4.78 is 69.7. The van der Waals surface area contributed by atoms with E-state index in [0.29, 0.717) is 5.65 Å². The molecule has 4 heterocycles. The predicted octanol–water partition coefficient (Wildman–Crippen LogP) is 4.47. The van der Waals surface area contributed by atoms with E-state index in [2.05, 4.69) is 29.9 Å². The number of alkyl halides is 4. The Morgan fingerprint density at radius 3 is 2.76 bits per heavy atom. The van der Waals surface area contributed by atoms with Crippen LogP contribution in [0.4, 0.5) is 23.2 Å². The maximum Gasteiger partial charge on any atom is 0.586 e. The van der Waals surface area contributed by atoms with Gasteiger partial charge in [-0.2, -0.15) is 4.98 Å². The quantitative estimate of drug-likeness (QED) is 0.435. The number of fused-ring (bicyclic) bond motifs is 2. The number of benzene rings is 1. The standard InChI is InChI=1S/C21H13F4N5O4/c22-20(23)7-11(8-20)19-28-17(29-34-19)10-5-12(16-14(6-10)32-21(24,25)33-16)27-18(31)13-9-26-15-3-1-2-4-30(13)15/h1-6,9,11H,7-8H2,(H,27,31). The van der Waals surface area contributed by atoms with Crippen LogP contribution in [-0.2, 0) is 0 Å². The molecule has 2 aliphatic rings. The summed E-state index contributed by atoms with van der Waals surface area (Å²) in [5, 5.41) is 6.29. The molecule has 0 spiro atoms. The fourth-order valence-electron chi connectivity index (χ4n) is 3.91. The van der Waals surface area contributed by atoms with Gasteiger partial charge in [0.2, 0.25) is 17.6 Å². The highest BCUT2D eigenvalue weighted by molar-refractivity contribution is 6.05. The molecule has 1 aliphatic carbocycles. The number of pyridine rings is 1. The first-order chi connectivity index (χ1) is 16.2. The third-order valence-electron chi connectivity index (χ3n) is 5.54. The average Bonchev–Trinajstić information content (AvgIpc) is 3.47. The van der Waals surface area contributed by atoms with E-state index in [-0.39, 0.29) is 34.4 Å². The second-order valence-corrected chi connectivity index (χ2v) is 7.96. The summed E-state index contributed by atoms with van der Waals surface area (Å²) in [5.41, 5.74) is 0.670. The number of anilines is 1. The zero-order valence-electron chi connectivity index (χ0n) is 17.0. The van der Waals surface area contributed by atoms with Crippen LogP contribution >= 0.6 is 0 Å². The van der Waals surface area contributed by atoms with Crippen LogP contribution in [0.5, 0.6) is 11.5 Å². The van der Waals surface area contributed by atoms with Crippen LogP contribution in [0.25, 0.3) is 17.0 Å².